The van der Waals surface area contributed by atoms with Crippen molar-refractivity contribution in [1.82, 2.24) is 20.2 Å². The number of rotatable bonds is 5. The Morgan fingerprint density at radius 3 is 3.00 bits per heavy atom. The number of benzene rings is 1. The molecule has 0 radical (unpaired) electrons. The first kappa shape index (κ1) is 12.1. The van der Waals surface area contributed by atoms with Crippen LogP contribution in [-0.4, -0.2) is 20.2 Å². The molecule has 0 spiro atoms. The molecule has 0 fully saturated rings. The highest BCUT2D eigenvalue weighted by atomic mass is 16.5. The number of aromatic nitrogens is 4. The summed E-state index contributed by atoms with van der Waals surface area (Å²) in [7, 11) is 1.71. The summed E-state index contributed by atoms with van der Waals surface area (Å²) in [6.45, 7) is 3.99. The average Bonchev–Trinajstić information content (AvgIpc) is 2.75. The van der Waals surface area contributed by atoms with Gasteiger partial charge in [-0.3, -0.25) is 0 Å². The van der Waals surface area contributed by atoms with Gasteiger partial charge in [0.2, 0.25) is 5.82 Å². The molecule has 0 aliphatic carbocycles. The van der Waals surface area contributed by atoms with E-state index in [0.29, 0.717) is 17.9 Å². The Morgan fingerprint density at radius 2 is 2.33 bits per heavy atom. The molecule has 1 aromatic heterocycles. The number of aryl methyl sites for hydroxylation is 1. The van der Waals surface area contributed by atoms with Gasteiger partial charge in [-0.05, 0) is 35.4 Å². The molecule has 0 saturated carbocycles. The summed E-state index contributed by atoms with van der Waals surface area (Å²) in [5.41, 5.74) is 7.44. The second kappa shape index (κ2) is 5.31. The third-order valence-corrected chi connectivity index (χ3v) is 2.36. The number of hydrogen-bond acceptors (Lipinski definition) is 5. The van der Waals surface area contributed by atoms with E-state index in [4.69, 9.17) is 10.5 Å². The first-order chi connectivity index (χ1) is 8.69. The number of anilines is 1. The third-order valence-electron chi connectivity index (χ3n) is 2.36. The number of allylic oxidation sites excluding steroid dienone is 1. The fourth-order valence-electron chi connectivity index (χ4n) is 1.58. The van der Waals surface area contributed by atoms with Crippen molar-refractivity contribution in [3.05, 3.63) is 42.2 Å². The van der Waals surface area contributed by atoms with Crippen LogP contribution in [0.15, 0.2) is 30.9 Å². The molecule has 0 amide bonds. The molecule has 0 saturated heterocycles. The molecular weight excluding hydrogens is 230 g/mol. The zero-order chi connectivity index (χ0) is 13.0. The molecule has 0 aliphatic heterocycles. The Balaban J connectivity index is 2.10. The molecule has 2 aromatic rings. The molecule has 1 heterocycles. The molecule has 18 heavy (non-hydrogen) atoms. The van der Waals surface area contributed by atoms with Crippen molar-refractivity contribution in [2.24, 2.45) is 7.05 Å². The molecular formula is C12H15N5O. The standard InChI is InChI=1S/C12H15N5O/c1-3-4-9-7-10(13)5-6-11(9)18-8-12-14-16-17(2)15-12/h3,5-7H,1,4,8,13H2,2H3. The van der Waals surface area contributed by atoms with E-state index in [0.717, 1.165) is 11.3 Å². The lowest BCUT2D eigenvalue weighted by atomic mass is 10.1. The normalized spacial score (nSPS) is 10.3. The summed E-state index contributed by atoms with van der Waals surface area (Å²) >= 11 is 0. The van der Waals surface area contributed by atoms with Gasteiger partial charge in [0.05, 0.1) is 7.05 Å². The average molecular weight is 245 g/mol. The van der Waals surface area contributed by atoms with E-state index in [-0.39, 0.29) is 6.61 Å². The van der Waals surface area contributed by atoms with Crippen molar-refractivity contribution in [3.8, 4) is 5.75 Å². The first-order valence-electron chi connectivity index (χ1n) is 5.54. The van der Waals surface area contributed by atoms with E-state index in [1.165, 1.54) is 4.80 Å². The van der Waals surface area contributed by atoms with Crippen LogP contribution in [0.1, 0.15) is 11.4 Å². The van der Waals surface area contributed by atoms with Gasteiger partial charge in [-0.25, -0.2) is 0 Å². The minimum absolute atomic E-state index is 0.280. The first-order valence-corrected chi connectivity index (χ1v) is 5.54. The number of hydrogen-bond donors (Lipinski definition) is 1. The van der Waals surface area contributed by atoms with Gasteiger partial charge in [0.25, 0.3) is 0 Å². The van der Waals surface area contributed by atoms with Crippen LogP contribution in [0.3, 0.4) is 0 Å². The van der Waals surface area contributed by atoms with Gasteiger partial charge in [-0.2, -0.15) is 4.80 Å². The highest BCUT2D eigenvalue weighted by molar-refractivity contribution is 5.48. The van der Waals surface area contributed by atoms with Gasteiger partial charge in [-0.15, -0.1) is 16.8 Å². The van der Waals surface area contributed by atoms with Crippen LogP contribution >= 0.6 is 0 Å². The van der Waals surface area contributed by atoms with Crippen LogP contribution in [0.4, 0.5) is 5.69 Å². The van der Waals surface area contributed by atoms with E-state index < -0.39 is 0 Å². The zero-order valence-electron chi connectivity index (χ0n) is 10.2. The molecule has 1 aromatic carbocycles. The SMILES string of the molecule is C=CCc1cc(N)ccc1OCc1nnn(C)n1. The molecule has 0 atom stereocenters. The van der Waals surface area contributed by atoms with Gasteiger partial charge in [0.1, 0.15) is 5.75 Å². The summed E-state index contributed by atoms with van der Waals surface area (Å²) in [4.78, 5) is 1.40. The van der Waals surface area contributed by atoms with Crippen molar-refractivity contribution >= 4 is 5.69 Å². The smallest absolute Gasteiger partial charge is 0.212 e. The quantitative estimate of drug-likeness (QED) is 0.630. The van der Waals surface area contributed by atoms with Gasteiger partial charge >= 0.3 is 0 Å². The summed E-state index contributed by atoms with van der Waals surface area (Å²) in [5, 5.41) is 11.6. The lowest BCUT2D eigenvalue weighted by Gasteiger charge is -2.09. The van der Waals surface area contributed by atoms with Crippen LogP contribution < -0.4 is 10.5 Å². The molecule has 0 unspecified atom stereocenters. The van der Waals surface area contributed by atoms with Crippen molar-refractivity contribution < 1.29 is 4.74 Å². The minimum Gasteiger partial charge on any atom is -0.485 e. The number of tetrazole rings is 1. The monoisotopic (exact) mass is 245 g/mol. The second-order valence-corrected chi connectivity index (χ2v) is 3.84. The molecule has 0 aliphatic rings. The molecule has 2 N–H and O–H groups in total. The number of nitrogens with zero attached hydrogens (tertiary/aromatic N) is 4. The predicted octanol–water partition coefficient (Wildman–Crippen LogP) is 1.10. The van der Waals surface area contributed by atoms with E-state index in [9.17, 15) is 0 Å². The van der Waals surface area contributed by atoms with Gasteiger partial charge in [-0.1, -0.05) is 6.08 Å². The number of nitrogen functional groups attached to an aromatic ring is 1. The molecule has 6 heteroatoms. The lowest BCUT2D eigenvalue weighted by molar-refractivity contribution is 0.293. The summed E-state index contributed by atoms with van der Waals surface area (Å²) in [6.07, 6.45) is 2.51. The molecule has 0 bridgehead atoms. The van der Waals surface area contributed by atoms with Crippen molar-refractivity contribution in [1.29, 1.82) is 0 Å². The fourth-order valence-corrected chi connectivity index (χ4v) is 1.58. The highest BCUT2D eigenvalue weighted by Crippen LogP contribution is 2.22. The van der Waals surface area contributed by atoms with Gasteiger partial charge in [0, 0.05) is 5.69 Å². The third kappa shape index (κ3) is 2.85. The maximum atomic E-state index is 5.74. The Morgan fingerprint density at radius 1 is 1.50 bits per heavy atom. The largest absolute Gasteiger partial charge is 0.485 e. The second-order valence-electron chi connectivity index (χ2n) is 3.84. The van der Waals surface area contributed by atoms with E-state index in [1.54, 1.807) is 13.1 Å². The van der Waals surface area contributed by atoms with Crippen molar-refractivity contribution in [2.75, 3.05) is 5.73 Å². The fraction of sp³-hybridized carbons (Fsp3) is 0.250. The van der Waals surface area contributed by atoms with Gasteiger partial charge < -0.3 is 10.5 Å². The topological polar surface area (TPSA) is 78.9 Å². The van der Waals surface area contributed by atoms with Crippen LogP contribution in [0.5, 0.6) is 5.75 Å². The summed E-state index contributed by atoms with van der Waals surface area (Å²) in [6, 6.07) is 5.51. The maximum absolute atomic E-state index is 5.74. The van der Waals surface area contributed by atoms with Crippen LogP contribution in [0.2, 0.25) is 0 Å². The van der Waals surface area contributed by atoms with E-state index in [1.807, 2.05) is 18.2 Å². The lowest BCUT2D eigenvalue weighted by Crippen LogP contribution is -2.01. The van der Waals surface area contributed by atoms with Crippen molar-refractivity contribution in [3.63, 3.8) is 0 Å². The summed E-state index contributed by atoms with van der Waals surface area (Å²) in [5.74, 6) is 1.30. The summed E-state index contributed by atoms with van der Waals surface area (Å²) < 4.78 is 5.66. The Kier molecular flexibility index (Phi) is 3.57. The molecule has 6 nitrogen and oxygen atoms in total. The van der Waals surface area contributed by atoms with Crippen LogP contribution in [0, 0.1) is 0 Å². The van der Waals surface area contributed by atoms with E-state index in [2.05, 4.69) is 22.0 Å². The van der Waals surface area contributed by atoms with Gasteiger partial charge in [0.15, 0.2) is 6.61 Å². The van der Waals surface area contributed by atoms with Crippen LogP contribution in [-0.2, 0) is 20.1 Å². The van der Waals surface area contributed by atoms with Crippen molar-refractivity contribution in [2.45, 2.75) is 13.0 Å². The minimum atomic E-state index is 0.280. The predicted molar refractivity (Wildman–Crippen MR) is 67.9 cm³/mol. The Labute approximate surface area is 105 Å². The Bertz CT molecular complexity index is 549. The number of nitrogens with two attached hydrogens (primary N) is 1. The highest BCUT2D eigenvalue weighted by Gasteiger charge is 2.06. The number of ether oxygens (including phenoxy) is 1. The zero-order valence-corrected chi connectivity index (χ0v) is 10.2. The molecule has 94 valence electrons. The van der Waals surface area contributed by atoms with Crippen LogP contribution in [0.25, 0.3) is 0 Å². The Hall–Kier alpha value is -2.37. The van der Waals surface area contributed by atoms with E-state index >= 15 is 0 Å². The molecule has 2 rings (SSSR count). The maximum Gasteiger partial charge on any atom is 0.212 e.